The highest BCUT2D eigenvalue weighted by Gasteiger charge is 2.34. The van der Waals surface area contributed by atoms with Gasteiger partial charge < -0.3 is 15.2 Å². The first-order valence-electron chi connectivity index (χ1n) is 6.84. The Balaban J connectivity index is 2.50. The SMILES string of the molecule is COc1c(Cl)cc(C)c(C2CC(CN)CN2C)c1OC. The zero-order valence-electron chi connectivity index (χ0n) is 12.6. The molecule has 20 heavy (non-hydrogen) atoms. The van der Waals surface area contributed by atoms with E-state index in [4.69, 9.17) is 26.8 Å². The molecule has 1 aromatic carbocycles. The molecule has 2 unspecified atom stereocenters. The van der Waals surface area contributed by atoms with Gasteiger partial charge >= 0.3 is 0 Å². The fourth-order valence-electron chi connectivity index (χ4n) is 3.16. The summed E-state index contributed by atoms with van der Waals surface area (Å²) in [7, 11) is 5.40. The molecule has 0 bridgehead atoms. The lowest BCUT2D eigenvalue weighted by atomic mass is 9.95. The van der Waals surface area contributed by atoms with E-state index in [1.807, 2.05) is 6.07 Å². The molecule has 1 aromatic rings. The summed E-state index contributed by atoms with van der Waals surface area (Å²) in [5, 5.41) is 0.585. The average Bonchev–Trinajstić information content (AvgIpc) is 2.79. The van der Waals surface area contributed by atoms with Crippen LogP contribution < -0.4 is 15.2 Å². The van der Waals surface area contributed by atoms with Crippen LogP contribution in [0.1, 0.15) is 23.6 Å². The number of halogens is 1. The first kappa shape index (κ1) is 15.4. The number of methoxy groups -OCH3 is 2. The van der Waals surface area contributed by atoms with Crippen LogP contribution in [-0.2, 0) is 0 Å². The van der Waals surface area contributed by atoms with Crippen LogP contribution in [0.3, 0.4) is 0 Å². The van der Waals surface area contributed by atoms with Crippen LogP contribution in [0.4, 0.5) is 0 Å². The highest BCUT2D eigenvalue weighted by Crippen LogP contribution is 2.47. The van der Waals surface area contributed by atoms with Gasteiger partial charge in [0.25, 0.3) is 0 Å². The van der Waals surface area contributed by atoms with E-state index in [1.165, 1.54) is 0 Å². The maximum Gasteiger partial charge on any atom is 0.179 e. The molecule has 1 aliphatic heterocycles. The monoisotopic (exact) mass is 298 g/mol. The predicted octanol–water partition coefficient (Wildman–Crippen LogP) is 2.62. The van der Waals surface area contributed by atoms with Gasteiger partial charge in [-0.2, -0.15) is 0 Å². The number of nitrogens with two attached hydrogens (primary N) is 1. The van der Waals surface area contributed by atoms with E-state index in [0.29, 0.717) is 29.3 Å². The summed E-state index contributed by atoms with van der Waals surface area (Å²) in [6.07, 6.45) is 1.04. The normalized spacial score (nSPS) is 23.1. The van der Waals surface area contributed by atoms with E-state index >= 15 is 0 Å². The minimum atomic E-state index is 0.296. The lowest BCUT2D eigenvalue weighted by molar-refractivity contribution is 0.295. The van der Waals surface area contributed by atoms with Crippen molar-refractivity contribution < 1.29 is 9.47 Å². The maximum atomic E-state index is 6.25. The highest BCUT2D eigenvalue weighted by molar-refractivity contribution is 6.32. The van der Waals surface area contributed by atoms with Crippen molar-refractivity contribution in [3.05, 3.63) is 22.2 Å². The van der Waals surface area contributed by atoms with E-state index < -0.39 is 0 Å². The minimum Gasteiger partial charge on any atom is -0.492 e. The second kappa shape index (κ2) is 6.20. The van der Waals surface area contributed by atoms with Gasteiger partial charge in [-0.25, -0.2) is 0 Å². The van der Waals surface area contributed by atoms with Gasteiger partial charge in [0.15, 0.2) is 11.5 Å². The first-order chi connectivity index (χ1) is 9.53. The standard InChI is InChI=1S/C15H23ClN2O2/c1-9-5-11(16)14(19-3)15(20-4)13(9)12-6-10(7-17)8-18(12)2/h5,10,12H,6-8,17H2,1-4H3. The third kappa shape index (κ3) is 2.60. The maximum absolute atomic E-state index is 6.25. The third-order valence-corrected chi connectivity index (χ3v) is 4.43. The Bertz CT molecular complexity index is 493. The Labute approximate surface area is 125 Å². The highest BCUT2D eigenvalue weighted by atomic mass is 35.5. The number of hydrogen-bond donors (Lipinski definition) is 1. The van der Waals surface area contributed by atoms with Crippen molar-refractivity contribution in [3.8, 4) is 11.5 Å². The molecule has 2 rings (SSSR count). The van der Waals surface area contributed by atoms with Crippen molar-refractivity contribution >= 4 is 11.6 Å². The largest absolute Gasteiger partial charge is 0.492 e. The number of nitrogens with zero attached hydrogens (tertiary/aromatic N) is 1. The van der Waals surface area contributed by atoms with Crippen LogP contribution in [0, 0.1) is 12.8 Å². The second-order valence-electron chi connectivity index (χ2n) is 5.45. The molecule has 2 N–H and O–H groups in total. The molecule has 0 radical (unpaired) electrons. The predicted molar refractivity (Wildman–Crippen MR) is 81.8 cm³/mol. The average molecular weight is 299 g/mol. The van der Waals surface area contributed by atoms with E-state index in [1.54, 1.807) is 14.2 Å². The van der Waals surface area contributed by atoms with Crippen LogP contribution in [0.25, 0.3) is 0 Å². The van der Waals surface area contributed by atoms with Crippen molar-refractivity contribution in [3.63, 3.8) is 0 Å². The topological polar surface area (TPSA) is 47.7 Å². The number of rotatable bonds is 4. The van der Waals surface area contributed by atoms with Gasteiger partial charge in [-0.1, -0.05) is 11.6 Å². The molecular formula is C15H23ClN2O2. The van der Waals surface area contributed by atoms with Crippen molar-refractivity contribution in [2.45, 2.75) is 19.4 Å². The zero-order valence-corrected chi connectivity index (χ0v) is 13.3. The molecule has 0 saturated carbocycles. The van der Waals surface area contributed by atoms with E-state index in [2.05, 4.69) is 18.9 Å². The molecule has 112 valence electrons. The Morgan fingerprint density at radius 1 is 1.35 bits per heavy atom. The molecule has 2 atom stereocenters. The summed E-state index contributed by atoms with van der Waals surface area (Å²) >= 11 is 6.25. The van der Waals surface area contributed by atoms with Crippen LogP contribution in [0.2, 0.25) is 5.02 Å². The first-order valence-corrected chi connectivity index (χ1v) is 7.22. The summed E-state index contributed by atoms with van der Waals surface area (Å²) in [5.41, 5.74) is 8.11. The second-order valence-corrected chi connectivity index (χ2v) is 5.86. The Kier molecular flexibility index (Phi) is 4.78. The summed E-state index contributed by atoms with van der Waals surface area (Å²) in [5.74, 6) is 1.88. The van der Waals surface area contributed by atoms with Crippen LogP contribution >= 0.6 is 11.6 Å². The smallest absolute Gasteiger partial charge is 0.179 e. The molecule has 0 aromatic heterocycles. The molecule has 5 heteroatoms. The van der Waals surface area contributed by atoms with Gasteiger partial charge in [0.1, 0.15) is 0 Å². The lowest BCUT2D eigenvalue weighted by Crippen LogP contribution is -2.21. The number of ether oxygens (including phenoxy) is 2. The van der Waals surface area contributed by atoms with Gasteiger partial charge in [0, 0.05) is 18.2 Å². The quantitative estimate of drug-likeness (QED) is 0.928. The summed E-state index contributed by atoms with van der Waals surface area (Å²) in [4.78, 5) is 2.33. The van der Waals surface area contributed by atoms with E-state index in [9.17, 15) is 0 Å². The molecule has 4 nitrogen and oxygen atoms in total. The van der Waals surface area contributed by atoms with Crippen molar-refractivity contribution in [2.24, 2.45) is 11.7 Å². The molecule has 0 aliphatic carbocycles. The van der Waals surface area contributed by atoms with Gasteiger partial charge in [-0.05, 0) is 44.5 Å². The van der Waals surface area contributed by atoms with Crippen LogP contribution in [-0.4, -0.2) is 39.3 Å². The molecule has 1 aliphatic rings. The summed E-state index contributed by atoms with van der Waals surface area (Å²) < 4.78 is 11.0. The van der Waals surface area contributed by atoms with Gasteiger partial charge in [0.2, 0.25) is 0 Å². The van der Waals surface area contributed by atoms with Gasteiger partial charge in [-0.15, -0.1) is 0 Å². The molecule has 1 fully saturated rings. The molecule has 1 heterocycles. The molecular weight excluding hydrogens is 276 g/mol. The minimum absolute atomic E-state index is 0.296. The molecule has 0 amide bonds. The summed E-state index contributed by atoms with van der Waals surface area (Å²) in [6.45, 7) is 3.79. The molecule has 1 saturated heterocycles. The number of likely N-dealkylation sites (tertiary alicyclic amines) is 1. The number of hydrogen-bond acceptors (Lipinski definition) is 4. The Hall–Kier alpha value is -0.970. The lowest BCUT2D eigenvalue weighted by Gasteiger charge is -2.25. The van der Waals surface area contributed by atoms with Crippen LogP contribution in [0.15, 0.2) is 6.07 Å². The summed E-state index contributed by atoms with van der Waals surface area (Å²) in [6, 6.07) is 2.24. The Morgan fingerprint density at radius 2 is 2.00 bits per heavy atom. The number of aryl methyl sites for hydroxylation is 1. The van der Waals surface area contributed by atoms with Gasteiger partial charge in [-0.3, -0.25) is 4.90 Å². The fraction of sp³-hybridized carbons (Fsp3) is 0.600. The Morgan fingerprint density at radius 3 is 2.50 bits per heavy atom. The third-order valence-electron chi connectivity index (χ3n) is 4.15. The van der Waals surface area contributed by atoms with Crippen molar-refractivity contribution in [1.82, 2.24) is 4.90 Å². The van der Waals surface area contributed by atoms with Crippen LogP contribution in [0.5, 0.6) is 11.5 Å². The van der Waals surface area contributed by atoms with Crippen molar-refractivity contribution in [1.29, 1.82) is 0 Å². The molecule has 0 spiro atoms. The zero-order chi connectivity index (χ0) is 14.9. The van der Waals surface area contributed by atoms with E-state index in [0.717, 1.165) is 29.8 Å². The fourth-order valence-corrected chi connectivity index (χ4v) is 3.49. The van der Waals surface area contributed by atoms with Gasteiger partial charge in [0.05, 0.1) is 19.2 Å². The number of benzene rings is 1. The van der Waals surface area contributed by atoms with E-state index in [-0.39, 0.29) is 0 Å². The van der Waals surface area contributed by atoms with Crippen molar-refractivity contribution in [2.75, 3.05) is 34.4 Å².